The number of benzene rings is 1. The van der Waals surface area contributed by atoms with Crippen LogP contribution in [0, 0.1) is 17.3 Å². The smallest absolute Gasteiger partial charge is 0.119 e. The van der Waals surface area contributed by atoms with Crippen LogP contribution in [0.1, 0.15) is 62.5 Å². The molecular weight excluding hydrogens is 312 g/mol. The molecule has 3 aliphatic carbocycles. The number of ether oxygens (including phenoxy) is 2. The van der Waals surface area contributed by atoms with Crippen LogP contribution in [0.4, 0.5) is 0 Å². The van der Waals surface area contributed by atoms with Gasteiger partial charge in [0.15, 0.2) is 0 Å². The Labute approximate surface area is 150 Å². The Bertz CT molecular complexity index is 686. The molecule has 4 aliphatic rings. The molecule has 1 aromatic carbocycles. The molecule has 6 atom stereocenters. The van der Waals surface area contributed by atoms with E-state index in [1.807, 2.05) is 0 Å². The van der Waals surface area contributed by atoms with Crippen molar-refractivity contribution in [2.45, 2.75) is 69.5 Å². The third-order valence-electron chi connectivity index (χ3n) is 8.34. The molecule has 1 heterocycles. The van der Waals surface area contributed by atoms with Gasteiger partial charge in [-0.1, -0.05) is 13.0 Å². The molecule has 1 saturated heterocycles. The first-order valence-electron chi connectivity index (χ1n) is 10.1. The summed E-state index contributed by atoms with van der Waals surface area (Å²) in [6, 6.07) is 6.72. The first-order chi connectivity index (χ1) is 12.1. The lowest BCUT2D eigenvalue weighted by Crippen LogP contribution is -2.50. The van der Waals surface area contributed by atoms with Crippen molar-refractivity contribution in [1.29, 1.82) is 0 Å². The summed E-state index contributed by atoms with van der Waals surface area (Å²) < 4.78 is 11.7. The van der Waals surface area contributed by atoms with Crippen LogP contribution in [0.3, 0.4) is 0 Å². The Balaban J connectivity index is 1.47. The predicted molar refractivity (Wildman–Crippen MR) is 96.9 cm³/mol. The molecule has 2 unspecified atom stereocenters. The second-order valence-corrected chi connectivity index (χ2v) is 9.14. The van der Waals surface area contributed by atoms with Crippen molar-refractivity contribution in [3.8, 4) is 5.75 Å². The van der Waals surface area contributed by atoms with Crippen molar-refractivity contribution in [1.82, 2.24) is 0 Å². The third-order valence-corrected chi connectivity index (χ3v) is 8.34. The standard InChI is InChI=1S/C22H30O3/c1-21-9-7-18-17-6-4-16(24-2)11-14(17)3-5-19(18)20(21)8-10-22(21)12-15(23)13-25-22/h4,6,11,15,18-20,23H,3,5,7-10,12-13H2,1-2H3/t15?,18-,19-,20+,21+,22?/m1/s1. The fourth-order valence-corrected chi connectivity index (χ4v) is 7.10. The molecule has 3 heteroatoms. The van der Waals surface area contributed by atoms with Crippen LogP contribution in [0.25, 0.3) is 0 Å². The zero-order valence-corrected chi connectivity index (χ0v) is 15.5. The van der Waals surface area contributed by atoms with E-state index in [0.29, 0.717) is 12.5 Å². The van der Waals surface area contributed by atoms with Gasteiger partial charge in [0.05, 0.1) is 25.4 Å². The maximum absolute atomic E-state index is 10.1. The van der Waals surface area contributed by atoms with E-state index in [4.69, 9.17) is 9.47 Å². The van der Waals surface area contributed by atoms with Crippen molar-refractivity contribution in [2.75, 3.05) is 13.7 Å². The van der Waals surface area contributed by atoms with Crippen LogP contribution < -0.4 is 4.74 Å². The Hall–Kier alpha value is -1.06. The normalized spacial score (nSPS) is 45.1. The summed E-state index contributed by atoms with van der Waals surface area (Å²) in [6.45, 7) is 3.02. The lowest BCUT2D eigenvalue weighted by molar-refractivity contribution is -0.114. The largest absolute Gasteiger partial charge is 0.497 e. The summed E-state index contributed by atoms with van der Waals surface area (Å²) in [5.74, 6) is 3.22. The highest BCUT2D eigenvalue weighted by Gasteiger charge is 2.64. The average Bonchev–Trinajstić information content (AvgIpc) is 3.15. The van der Waals surface area contributed by atoms with E-state index in [0.717, 1.165) is 30.4 Å². The fourth-order valence-electron chi connectivity index (χ4n) is 7.10. The quantitative estimate of drug-likeness (QED) is 0.836. The van der Waals surface area contributed by atoms with Gasteiger partial charge in [-0.25, -0.2) is 0 Å². The Morgan fingerprint density at radius 1 is 1.20 bits per heavy atom. The van der Waals surface area contributed by atoms with Gasteiger partial charge in [-0.3, -0.25) is 0 Å². The third kappa shape index (κ3) is 2.12. The molecule has 136 valence electrons. The number of hydrogen-bond donors (Lipinski definition) is 1. The zero-order chi connectivity index (χ0) is 17.2. The SMILES string of the molecule is COc1ccc2c(c1)CC[C@@H]1[C@@H]2CC[C@@]2(C)[C@H]1CCC21CC(O)CO1. The molecule has 5 rings (SSSR count). The molecule has 0 amide bonds. The number of hydrogen-bond acceptors (Lipinski definition) is 3. The summed E-state index contributed by atoms with van der Waals surface area (Å²) >= 11 is 0. The molecule has 1 N–H and O–H groups in total. The molecule has 1 aromatic rings. The highest BCUT2D eigenvalue weighted by Crippen LogP contribution is 2.67. The second-order valence-electron chi connectivity index (χ2n) is 9.14. The molecule has 0 radical (unpaired) electrons. The maximum atomic E-state index is 10.1. The summed E-state index contributed by atoms with van der Waals surface area (Å²) in [5.41, 5.74) is 3.27. The van der Waals surface area contributed by atoms with Crippen molar-refractivity contribution in [2.24, 2.45) is 17.3 Å². The lowest BCUT2D eigenvalue weighted by Gasteiger charge is -2.53. The van der Waals surface area contributed by atoms with Crippen molar-refractivity contribution >= 4 is 0 Å². The Morgan fingerprint density at radius 3 is 2.84 bits per heavy atom. The minimum Gasteiger partial charge on any atom is -0.497 e. The Morgan fingerprint density at radius 2 is 2.08 bits per heavy atom. The van der Waals surface area contributed by atoms with Crippen LogP contribution in [0.5, 0.6) is 5.75 Å². The summed E-state index contributed by atoms with van der Waals surface area (Å²) in [7, 11) is 1.76. The second kappa shape index (κ2) is 5.47. The van der Waals surface area contributed by atoms with Gasteiger partial charge in [0, 0.05) is 6.42 Å². The van der Waals surface area contributed by atoms with Crippen LogP contribution in [0.2, 0.25) is 0 Å². The molecule has 0 bridgehead atoms. The maximum Gasteiger partial charge on any atom is 0.119 e. The molecule has 1 spiro atoms. The van der Waals surface area contributed by atoms with Gasteiger partial charge in [-0.2, -0.15) is 0 Å². The van der Waals surface area contributed by atoms with E-state index in [9.17, 15) is 5.11 Å². The van der Waals surface area contributed by atoms with E-state index in [1.54, 1.807) is 12.7 Å². The average molecular weight is 342 g/mol. The minimum absolute atomic E-state index is 0.0533. The molecule has 25 heavy (non-hydrogen) atoms. The topological polar surface area (TPSA) is 38.7 Å². The molecule has 0 aromatic heterocycles. The number of aryl methyl sites for hydroxylation is 1. The summed E-state index contributed by atoms with van der Waals surface area (Å²) in [4.78, 5) is 0. The molecule has 1 aliphatic heterocycles. The van der Waals surface area contributed by atoms with Gasteiger partial charge in [0.1, 0.15) is 5.75 Å². The summed E-state index contributed by atoms with van der Waals surface area (Å²) in [5, 5.41) is 10.1. The zero-order valence-electron chi connectivity index (χ0n) is 15.5. The minimum atomic E-state index is -0.257. The predicted octanol–water partition coefficient (Wildman–Crippen LogP) is 4.07. The number of aliphatic hydroxyl groups excluding tert-OH is 1. The van der Waals surface area contributed by atoms with E-state index in [-0.39, 0.29) is 17.1 Å². The highest BCUT2D eigenvalue weighted by molar-refractivity contribution is 5.41. The van der Waals surface area contributed by atoms with Crippen molar-refractivity contribution in [3.05, 3.63) is 29.3 Å². The van der Waals surface area contributed by atoms with Crippen molar-refractivity contribution < 1.29 is 14.6 Å². The van der Waals surface area contributed by atoms with E-state index < -0.39 is 0 Å². The van der Waals surface area contributed by atoms with Gasteiger partial charge in [0.2, 0.25) is 0 Å². The number of aliphatic hydroxyl groups is 1. The first kappa shape index (κ1) is 16.1. The van der Waals surface area contributed by atoms with Crippen LogP contribution in [0.15, 0.2) is 18.2 Å². The number of methoxy groups -OCH3 is 1. The van der Waals surface area contributed by atoms with Gasteiger partial charge in [-0.05, 0) is 85.0 Å². The van der Waals surface area contributed by atoms with Gasteiger partial charge in [-0.15, -0.1) is 0 Å². The highest BCUT2D eigenvalue weighted by atomic mass is 16.5. The number of fused-ring (bicyclic) bond motifs is 6. The monoisotopic (exact) mass is 342 g/mol. The van der Waals surface area contributed by atoms with Gasteiger partial charge < -0.3 is 14.6 Å². The molecule has 3 nitrogen and oxygen atoms in total. The summed E-state index contributed by atoms with van der Waals surface area (Å²) in [6.07, 6.45) is 7.98. The first-order valence-corrected chi connectivity index (χ1v) is 10.1. The van der Waals surface area contributed by atoms with Gasteiger partial charge in [0.25, 0.3) is 0 Å². The molecule has 2 saturated carbocycles. The van der Waals surface area contributed by atoms with Crippen molar-refractivity contribution in [3.63, 3.8) is 0 Å². The molecular formula is C22H30O3. The van der Waals surface area contributed by atoms with Gasteiger partial charge >= 0.3 is 0 Å². The Kier molecular flexibility index (Phi) is 3.53. The van der Waals surface area contributed by atoms with Crippen LogP contribution in [-0.4, -0.2) is 30.5 Å². The molecule has 3 fully saturated rings. The number of rotatable bonds is 1. The van der Waals surface area contributed by atoms with E-state index in [1.165, 1.54) is 37.7 Å². The van der Waals surface area contributed by atoms with E-state index in [2.05, 4.69) is 25.1 Å². The fraction of sp³-hybridized carbons (Fsp3) is 0.727. The van der Waals surface area contributed by atoms with E-state index >= 15 is 0 Å². The van der Waals surface area contributed by atoms with Crippen LogP contribution in [-0.2, 0) is 11.2 Å². The lowest BCUT2D eigenvalue weighted by atomic mass is 9.53. The van der Waals surface area contributed by atoms with Crippen LogP contribution >= 0.6 is 0 Å².